The van der Waals surface area contributed by atoms with Gasteiger partial charge in [-0.2, -0.15) is 0 Å². The molecule has 1 atom stereocenters. The Bertz CT molecular complexity index is 391. The molecular weight excluding hydrogens is 198 g/mol. The minimum atomic E-state index is -0.920. The Kier molecular flexibility index (Phi) is 2.37. The van der Waals surface area contributed by atoms with E-state index in [1.807, 2.05) is 0 Å². The summed E-state index contributed by atoms with van der Waals surface area (Å²) in [5.74, 6) is 0.382. The molecule has 1 aliphatic rings. The Labute approximate surface area is 86.6 Å². The van der Waals surface area contributed by atoms with Gasteiger partial charge in [0.15, 0.2) is 6.04 Å². The lowest BCUT2D eigenvalue weighted by Gasteiger charge is -2.24. The van der Waals surface area contributed by atoms with Crippen molar-refractivity contribution in [1.82, 2.24) is 0 Å². The van der Waals surface area contributed by atoms with E-state index in [-0.39, 0.29) is 6.61 Å². The zero-order valence-electron chi connectivity index (χ0n) is 8.19. The van der Waals surface area contributed by atoms with Crippen molar-refractivity contribution in [3.63, 3.8) is 0 Å². The van der Waals surface area contributed by atoms with E-state index in [0.717, 1.165) is 0 Å². The molecular formula is C10H11NO4. The van der Waals surface area contributed by atoms with Crippen LogP contribution in [-0.4, -0.2) is 30.8 Å². The summed E-state index contributed by atoms with van der Waals surface area (Å²) < 4.78 is 10.3. The Morgan fingerprint density at radius 1 is 1.67 bits per heavy atom. The first-order valence-electron chi connectivity index (χ1n) is 4.51. The van der Waals surface area contributed by atoms with E-state index in [4.69, 9.17) is 14.6 Å². The first-order chi connectivity index (χ1) is 7.20. The van der Waals surface area contributed by atoms with Crippen LogP contribution >= 0.6 is 0 Å². The molecule has 0 spiro atoms. The minimum absolute atomic E-state index is 0.121. The number of carboxylic acid groups (broad SMARTS) is 1. The lowest BCUT2D eigenvalue weighted by molar-refractivity contribution is -0.138. The highest BCUT2D eigenvalue weighted by molar-refractivity contribution is 5.79. The first kappa shape index (κ1) is 9.64. The molecule has 5 heteroatoms. The fourth-order valence-corrected chi connectivity index (χ4v) is 1.40. The maximum atomic E-state index is 10.7. The lowest BCUT2D eigenvalue weighted by atomic mass is 10.2. The van der Waals surface area contributed by atoms with Crippen LogP contribution in [0.3, 0.4) is 0 Å². The Hall–Kier alpha value is -1.91. The number of benzene rings is 1. The average molecular weight is 209 g/mol. The largest absolute Gasteiger partial charge is 0.497 e. The van der Waals surface area contributed by atoms with Crippen LogP contribution in [-0.2, 0) is 4.79 Å². The van der Waals surface area contributed by atoms with Crippen molar-refractivity contribution < 1.29 is 19.4 Å². The molecule has 0 aliphatic carbocycles. The van der Waals surface area contributed by atoms with Gasteiger partial charge in [-0.3, -0.25) is 0 Å². The highest BCUT2D eigenvalue weighted by atomic mass is 16.5. The molecule has 2 N–H and O–H groups in total. The molecule has 0 unspecified atom stereocenters. The monoisotopic (exact) mass is 209 g/mol. The number of aliphatic carboxylic acids is 1. The predicted molar refractivity (Wildman–Crippen MR) is 53.5 cm³/mol. The fraction of sp³-hybridized carbons (Fsp3) is 0.300. The standard InChI is InChI=1S/C10H11NO4/c1-14-6-2-3-7-9(4-6)15-5-8(11-7)10(12)13/h2-4,8,11H,5H2,1H3,(H,12,13)/t8-/m0/s1. The molecule has 0 saturated heterocycles. The summed E-state index contributed by atoms with van der Waals surface area (Å²) in [6.07, 6.45) is 0. The second-order valence-corrected chi connectivity index (χ2v) is 3.21. The molecule has 80 valence electrons. The van der Waals surface area contributed by atoms with Gasteiger partial charge in [0.05, 0.1) is 12.8 Å². The van der Waals surface area contributed by atoms with Gasteiger partial charge >= 0.3 is 5.97 Å². The van der Waals surface area contributed by atoms with Gasteiger partial charge in [-0.05, 0) is 12.1 Å². The summed E-state index contributed by atoms with van der Waals surface area (Å²) in [4.78, 5) is 10.7. The second-order valence-electron chi connectivity index (χ2n) is 3.21. The van der Waals surface area contributed by atoms with Crippen LogP contribution in [0.25, 0.3) is 0 Å². The molecule has 0 aromatic heterocycles. The minimum Gasteiger partial charge on any atom is -0.497 e. The fourth-order valence-electron chi connectivity index (χ4n) is 1.40. The van der Waals surface area contributed by atoms with E-state index in [2.05, 4.69) is 5.32 Å². The zero-order chi connectivity index (χ0) is 10.8. The quantitative estimate of drug-likeness (QED) is 0.759. The maximum Gasteiger partial charge on any atom is 0.329 e. The van der Waals surface area contributed by atoms with Crippen molar-refractivity contribution in [2.75, 3.05) is 19.0 Å². The van der Waals surface area contributed by atoms with E-state index in [9.17, 15) is 4.79 Å². The lowest BCUT2D eigenvalue weighted by Crippen LogP contribution is -2.38. The molecule has 1 heterocycles. The van der Waals surface area contributed by atoms with Crippen molar-refractivity contribution in [2.24, 2.45) is 0 Å². The van der Waals surface area contributed by atoms with Crippen LogP contribution < -0.4 is 14.8 Å². The molecule has 0 saturated carbocycles. The van der Waals surface area contributed by atoms with E-state index >= 15 is 0 Å². The van der Waals surface area contributed by atoms with Gasteiger partial charge in [-0.1, -0.05) is 0 Å². The summed E-state index contributed by atoms with van der Waals surface area (Å²) in [7, 11) is 1.57. The van der Waals surface area contributed by atoms with Crippen LogP contribution in [0.5, 0.6) is 11.5 Å². The van der Waals surface area contributed by atoms with E-state index in [1.165, 1.54) is 0 Å². The number of ether oxygens (including phenoxy) is 2. The third kappa shape index (κ3) is 1.81. The first-order valence-corrected chi connectivity index (χ1v) is 4.51. The smallest absolute Gasteiger partial charge is 0.329 e. The van der Waals surface area contributed by atoms with Gasteiger partial charge in [0.1, 0.15) is 18.1 Å². The maximum absolute atomic E-state index is 10.7. The molecule has 2 rings (SSSR count). The number of nitrogens with one attached hydrogen (secondary N) is 1. The zero-order valence-corrected chi connectivity index (χ0v) is 8.19. The van der Waals surface area contributed by atoms with Crippen LogP contribution in [0.1, 0.15) is 0 Å². The molecule has 0 amide bonds. The molecule has 1 aromatic carbocycles. The van der Waals surface area contributed by atoms with Crippen LogP contribution in [0.2, 0.25) is 0 Å². The van der Waals surface area contributed by atoms with E-state index < -0.39 is 12.0 Å². The Balaban J connectivity index is 2.24. The normalized spacial score (nSPS) is 18.3. The van der Waals surface area contributed by atoms with Gasteiger partial charge in [0.2, 0.25) is 0 Å². The average Bonchev–Trinajstić information content (AvgIpc) is 2.27. The Morgan fingerprint density at radius 2 is 2.47 bits per heavy atom. The SMILES string of the molecule is COc1ccc2c(c1)OC[C@@H](C(=O)O)N2. The van der Waals surface area contributed by atoms with Gasteiger partial charge in [-0.25, -0.2) is 4.79 Å². The van der Waals surface area contributed by atoms with Gasteiger partial charge in [0, 0.05) is 6.07 Å². The number of hydrogen-bond acceptors (Lipinski definition) is 4. The van der Waals surface area contributed by atoms with Crippen molar-refractivity contribution in [1.29, 1.82) is 0 Å². The molecule has 0 radical (unpaired) electrons. The summed E-state index contributed by atoms with van der Waals surface area (Å²) in [5.41, 5.74) is 0.675. The molecule has 1 aliphatic heterocycles. The van der Waals surface area contributed by atoms with Crippen molar-refractivity contribution in [3.05, 3.63) is 18.2 Å². The molecule has 0 bridgehead atoms. The Morgan fingerprint density at radius 3 is 3.13 bits per heavy atom. The summed E-state index contributed by atoms with van der Waals surface area (Å²) in [6, 6.07) is 4.52. The third-order valence-corrected chi connectivity index (χ3v) is 2.22. The molecule has 15 heavy (non-hydrogen) atoms. The summed E-state index contributed by atoms with van der Waals surface area (Å²) in [5, 5.41) is 11.7. The topological polar surface area (TPSA) is 67.8 Å². The van der Waals surface area contributed by atoms with Gasteiger partial charge < -0.3 is 19.9 Å². The van der Waals surface area contributed by atoms with Gasteiger partial charge in [-0.15, -0.1) is 0 Å². The number of hydrogen-bond donors (Lipinski definition) is 2. The highest BCUT2D eigenvalue weighted by Gasteiger charge is 2.24. The molecule has 1 aromatic rings. The van der Waals surface area contributed by atoms with Crippen molar-refractivity contribution in [2.45, 2.75) is 6.04 Å². The number of carboxylic acids is 1. The van der Waals surface area contributed by atoms with Crippen molar-refractivity contribution >= 4 is 11.7 Å². The van der Waals surface area contributed by atoms with Crippen LogP contribution in [0, 0.1) is 0 Å². The highest BCUT2D eigenvalue weighted by Crippen LogP contribution is 2.32. The number of methoxy groups -OCH3 is 1. The second kappa shape index (κ2) is 3.68. The summed E-state index contributed by atoms with van der Waals surface area (Å²) >= 11 is 0. The van der Waals surface area contributed by atoms with Gasteiger partial charge in [0.25, 0.3) is 0 Å². The third-order valence-electron chi connectivity index (χ3n) is 2.22. The van der Waals surface area contributed by atoms with E-state index in [1.54, 1.807) is 25.3 Å². The van der Waals surface area contributed by atoms with E-state index in [0.29, 0.717) is 17.2 Å². The molecule has 0 fully saturated rings. The molecule has 5 nitrogen and oxygen atoms in total. The number of anilines is 1. The number of fused-ring (bicyclic) bond motifs is 1. The summed E-state index contributed by atoms with van der Waals surface area (Å²) in [6.45, 7) is 0.121. The number of rotatable bonds is 2. The van der Waals surface area contributed by atoms with Crippen LogP contribution in [0.15, 0.2) is 18.2 Å². The predicted octanol–water partition coefficient (Wildman–Crippen LogP) is 0.953. The van der Waals surface area contributed by atoms with Crippen LogP contribution in [0.4, 0.5) is 5.69 Å². The van der Waals surface area contributed by atoms with Crippen molar-refractivity contribution in [3.8, 4) is 11.5 Å². The number of carbonyl (C=O) groups is 1.